The molecule has 0 fully saturated rings. The molecule has 0 unspecified atom stereocenters. The molecule has 0 aliphatic heterocycles. The van der Waals surface area contributed by atoms with Crippen LogP contribution in [0.15, 0.2) is 0 Å². The molecule has 5 nitrogen and oxygen atoms in total. The minimum Gasteiger partial charge on any atom is -0.383 e. The third-order valence-electron chi connectivity index (χ3n) is 2.62. The number of hydrogen-bond donors (Lipinski definition) is 1. The number of thiazole rings is 1. The van der Waals surface area contributed by atoms with Crippen LogP contribution >= 0.6 is 23.6 Å². The summed E-state index contributed by atoms with van der Waals surface area (Å²) < 4.78 is 7.67. The molecule has 2 heterocycles. The molecule has 0 saturated carbocycles. The van der Waals surface area contributed by atoms with E-state index in [0.29, 0.717) is 17.9 Å². The average Bonchev–Trinajstić information content (AvgIpc) is 2.90. The zero-order valence-corrected chi connectivity index (χ0v) is 12.3. The molecule has 0 spiro atoms. The van der Waals surface area contributed by atoms with Gasteiger partial charge >= 0.3 is 0 Å². The Morgan fingerprint density at radius 3 is 2.89 bits per heavy atom. The monoisotopic (exact) mass is 284 g/mol. The van der Waals surface area contributed by atoms with E-state index in [2.05, 4.69) is 22.1 Å². The minimum atomic E-state index is 0.610. The predicted octanol–water partition coefficient (Wildman–Crippen LogP) is 2.58. The van der Waals surface area contributed by atoms with Crippen LogP contribution in [0, 0.1) is 11.7 Å². The quantitative estimate of drug-likeness (QED) is 0.857. The number of aromatic amines is 1. The largest absolute Gasteiger partial charge is 0.383 e. The summed E-state index contributed by atoms with van der Waals surface area (Å²) in [6.45, 7) is 5.41. The second-order valence-electron chi connectivity index (χ2n) is 3.87. The fraction of sp³-hybridized carbons (Fsp3) is 0.545. The maximum atomic E-state index is 5.24. The van der Waals surface area contributed by atoms with Crippen molar-refractivity contribution in [2.45, 2.75) is 26.8 Å². The van der Waals surface area contributed by atoms with Gasteiger partial charge in [0.05, 0.1) is 28.7 Å². The third-order valence-corrected chi connectivity index (χ3v) is 4.23. The van der Waals surface area contributed by atoms with Crippen molar-refractivity contribution < 1.29 is 4.74 Å². The van der Waals surface area contributed by atoms with Crippen molar-refractivity contribution in [1.29, 1.82) is 0 Å². The average molecular weight is 284 g/mol. The standard InChI is InChI=1S/C11H16N4OS2/c1-4-8-12-7(2)9(18-8)10-13-14-11(17)15(10)5-6-16-3/h4-6H2,1-3H3,(H,14,17). The number of nitrogens with one attached hydrogen (secondary N) is 1. The summed E-state index contributed by atoms with van der Waals surface area (Å²) in [6.07, 6.45) is 0.939. The molecule has 0 atom stereocenters. The van der Waals surface area contributed by atoms with Gasteiger partial charge in [0.15, 0.2) is 10.6 Å². The summed E-state index contributed by atoms with van der Waals surface area (Å²) in [4.78, 5) is 5.60. The first-order valence-electron chi connectivity index (χ1n) is 5.78. The molecule has 2 aromatic heterocycles. The van der Waals surface area contributed by atoms with Crippen LogP contribution in [0.5, 0.6) is 0 Å². The Balaban J connectivity index is 2.43. The number of rotatable bonds is 5. The van der Waals surface area contributed by atoms with Crippen molar-refractivity contribution in [2.75, 3.05) is 13.7 Å². The number of H-pyrrole nitrogens is 1. The highest BCUT2D eigenvalue weighted by atomic mass is 32.1. The Labute approximate surface area is 115 Å². The van der Waals surface area contributed by atoms with Crippen molar-refractivity contribution >= 4 is 23.6 Å². The van der Waals surface area contributed by atoms with Gasteiger partial charge in [-0.2, -0.15) is 5.10 Å². The topological polar surface area (TPSA) is 55.7 Å². The third kappa shape index (κ3) is 2.52. The molecule has 2 aromatic rings. The molecular weight excluding hydrogens is 268 g/mol. The van der Waals surface area contributed by atoms with Gasteiger partial charge in [-0.05, 0) is 25.6 Å². The van der Waals surface area contributed by atoms with E-state index in [1.54, 1.807) is 18.4 Å². The first kappa shape index (κ1) is 13.4. The lowest BCUT2D eigenvalue weighted by Gasteiger charge is -2.04. The van der Waals surface area contributed by atoms with E-state index < -0.39 is 0 Å². The Morgan fingerprint density at radius 2 is 2.28 bits per heavy atom. The number of hydrogen-bond acceptors (Lipinski definition) is 5. The normalized spacial score (nSPS) is 11.1. The number of aromatic nitrogens is 4. The Kier molecular flexibility index (Phi) is 4.26. The Hall–Kier alpha value is -1.05. The van der Waals surface area contributed by atoms with Crippen LogP contribution in [0.2, 0.25) is 0 Å². The van der Waals surface area contributed by atoms with Gasteiger partial charge in [-0.1, -0.05) is 6.92 Å². The van der Waals surface area contributed by atoms with Gasteiger partial charge in [0.25, 0.3) is 0 Å². The van der Waals surface area contributed by atoms with Crippen molar-refractivity contribution in [2.24, 2.45) is 0 Å². The molecule has 2 rings (SSSR count). The summed E-state index contributed by atoms with van der Waals surface area (Å²) >= 11 is 6.91. The Morgan fingerprint density at radius 1 is 1.50 bits per heavy atom. The van der Waals surface area contributed by atoms with E-state index in [1.165, 1.54) is 0 Å². The maximum absolute atomic E-state index is 5.24. The fourth-order valence-corrected chi connectivity index (χ4v) is 2.92. The zero-order chi connectivity index (χ0) is 13.1. The van der Waals surface area contributed by atoms with Gasteiger partial charge in [-0.3, -0.25) is 9.67 Å². The molecule has 0 bridgehead atoms. The van der Waals surface area contributed by atoms with E-state index >= 15 is 0 Å². The van der Waals surface area contributed by atoms with Crippen LogP contribution in [0.25, 0.3) is 10.7 Å². The molecule has 0 amide bonds. The highest BCUT2D eigenvalue weighted by Crippen LogP contribution is 2.28. The molecule has 0 aliphatic carbocycles. The van der Waals surface area contributed by atoms with E-state index in [9.17, 15) is 0 Å². The van der Waals surface area contributed by atoms with Gasteiger partial charge < -0.3 is 4.74 Å². The highest BCUT2D eigenvalue weighted by Gasteiger charge is 2.15. The van der Waals surface area contributed by atoms with Gasteiger partial charge in [-0.15, -0.1) is 11.3 Å². The van der Waals surface area contributed by atoms with Crippen LogP contribution in [0.1, 0.15) is 17.6 Å². The summed E-state index contributed by atoms with van der Waals surface area (Å²) in [5.41, 5.74) is 1.00. The van der Waals surface area contributed by atoms with E-state index in [1.807, 2.05) is 11.5 Å². The van der Waals surface area contributed by atoms with Gasteiger partial charge in [0, 0.05) is 7.11 Å². The van der Waals surface area contributed by atoms with Crippen molar-refractivity contribution in [1.82, 2.24) is 19.7 Å². The van der Waals surface area contributed by atoms with Crippen LogP contribution in [0.3, 0.4) is 0 Å². The molecule has 0 aromatic carbocycles. The number of aryl methyl sites for hydroxylation is 2. The number of methoxy groups -OCH3 is 1. The maximum Gasteiger partial charge on any atom is 0.195 e. The van der Waals surface area contributed by atoms with Crippen LogP contribution < -0.4 is 0 Å². The second kappa shape index (κ2) is 5.73. The molecule has 98 valence electrons. The lowest BCUT2D eigenvalue weighted by atomic mass is 10.3. The zero-order valence-electron chi connectivity index (χ0n) is 10.7. The van der Waals surface area contributed by atoms with Crippen molar-refractivity contribution in [3.05, 3.63) is 15.5 Å². The number of nitrogens with zero attached hydrogens (tertiary/aromatic N) is 3. The van der Waals surface area contributed by atoms with Gasteiger partial charge in [-0.25, -0.2) is 4.98 Å². The molecule has 7 heteroatoms. The molecular formula is C11H16N4OS2. The smallest absolute Gasteiger partial charge is 0.195 e. The van der Waals surface area contributed by atoms with Crippen LogP contribution in [0.4, 0.5) is 0 Å². The van der Waals surface area contributed by atoms with Crippen molar-refractivity contribution in [3.8, 4) is 10.7 Å². The molecule has 0 saturated heterocycles. The number of ether oxygens (including phenoxy) is 1. The molecule has 18 heavy (non-hydrogen) atoms. The van der Waals surface area contributed by atoms with Crippen LogP contribution in [-0.4, -0.2) is 33.5 Å². The van der Waals surface area contributed by atoms with E-state index in [0.717, 1.165) is 27.8 Å². The lowest BCUT2D eigenvalue weighted by molar-refractivity contribution is 0.187. The highest BCUT2D eigenvalue weighted by molar-refractivity contribution is 7.71. The Bertz CT molecular complexity index is 584. The molecule has 0 aliphatic rings. The second-order valence-corrected chi connectivity index (χ2v) is 5.34. The molecule has 0 radical (unpaired) electrons. The predicted molar refractivity (Wildman–Crippen MR) is 74.5 cm³/mol. The SMILES string of the molecule is CCc1nc(C)c(-c2n[nH]c(=S)n2CCOC)s1. The van der Waals surface area contributed by atoms with Crippen molar-refractivity contribution in [3.63, 3.8) is 0 Å². The van der Waals surface area contributed by atoms with Gasteiger partial charge in [0.1, 0.15) is 0 Å². The van der Waals surface area contributed by atoms with E-state index in [-0.39, 0.29) is 0 Å². The van der Waals surface area contributed by atoms with E-state index in [4.69, 9.17) is 17.0 Å². The fourth-order valence-electron chi connectivity index (χ4n) is 1.69. The lowest BCUT2D eigenvalue weighted by Crippen LogP contribution is -2.06. The summed E-state index contributed by atoms with van der Waals surface area (Å²) in [6, 6.07) is 0. The first-order valence-corrected chi connectivity index (χ1v) is 7.00. The summed E-state index contributed by atoms with van der Waals surface area (Å²) in [7, 11) is 1.68. The molecule has 1 N–H and O–H groups in total. The van der Waals surface area contributed by atoms with Gasteiger partial charge in [0.2, 0.25) is 0 Å². The summed E-state index contributed by atoms with van der Waals surface area (Å²) in [5.74, 6) is 0.853. The van der Waals surface area contributed by atoms with Crippen LogP contribution in [-0.2, 0) is 17.7 Å². The first-order chi connectivity index (χ1) is 8.67. The minimum absolute atomic E-state index is 0.610. The summed E-state index contributed by atoms with van der Waals surface area (Å²) in [5, 5.41) is 8.27.